The first-order valence-corrected chi connectivity index (χ1v) is 6.58. The summed E-state index contributed by atoms with van der Waals surface area (Å²) in [4.78, 5) is 16.7. The fraction of sp³-hybridized carbons (Fsp3) is 0. The van der Waals surface area contributed by atoms with Crippen LogP contribution in [-0.4, -0.2) is 9.97 Å². The van der Waals surface area contributed by atoms with E-state index < -0.39 is 5.56 Å². The number of nitriles is 1. The zero-order valence-corrected chi connectivity index (χ0v) is 12.2. The Morgan fingerprint density at radius 1 is 1.25 bits per heavy atom. The van der Waals surface area contributed by atoms with Crippen molar-refractivity contribution in [3.63, 3.8) is 0 Å². The lowest BCUT2D eigenvalue weighted by Gasteiger charge is -2.01. The van der Waals surface area contributed by atoms with E-state index in [9.17, 15) is 4.79 Å². The number of nitrogens with one attached hydrogen (secondary N) is 2. The molecular formula is C13H7Cl2N3OS. The van der Waals surface area contributed by atoms with Gasteiger partial charge in [0, 0.05) is 0 Å². The molecule has 2 N–H and O–H groups in total. The number of rotatable bonds is 2. The molecule has 1 heterocycles. The Kier molecular flexibility index (Phi) is 4.40. The van der Waals surface area contributed by atoms with Crippen LogP contribution in [0.2, 0.25) is 10.0 Å². The molecule has 0 aliphatic heterocycles. The molecule has 100 valence electrons. The normalized spacial score (nSPS) is 10.7. The van der Waals surface area contributed by atoms with Gasteiger partial charge in [0.05, 0.1) is 15.7 Å². The Bertz CT molecular complexity index is 846. The Morgan fingerprint density at radius 3 is 2.70 bits per heavy atom. The molecule has 0 aliphatic rings. The van der Waals surface area contributed by atoms with Crippen LogP contribution in [-0.2, 0) is 0 Å². The van der Waals surface area contributed by atoms with Crippen LogP contribution < -0.4 is 5.56 Å². The monoisotopic (exact) mass is 323 g/mol. The second-order valence-corrected chi connectivity index (χ2v) is 4.98. The second kappa shape index (κ2) is 6.06. The van der Waals surface area contributed by atoms with Crippen molar-refractivity contribution in [1.82, 2.24) is 9.97 Å². The van der Waals surface area contributed by atoms with Gasteiger partial charge in [-0.15, -0.1) is 0 Å². The van der Waals surface area contributed by atoms with Gasteiger partial charge in [-0.25, -0.2) is 0 Å². The summed E-state index contributed by atoms with van der Waals surface area (Å²) in [6, 6.07) is 7.00. The highest BCUT2D eigenvalue weighted by atomic mass is 35.5. The van der Waals surface area contributed by atoms with Crippen LogP contribution in [0.25, 0.3) is 12.2 Å². The van der Waals surface area contributed by atoms with Gasteiger partial charge < -0.3 is 4.98 Å². The molecule has 0 spiro atoms. The van der Waals surface area contributed by atoms with E-state index >= 15 is 0 Å². The van der Waals surface area contributed by atoms with Gasteiger partial charge in [0.2, 0.25) is 0 Å². The molecule has 0 amide bonds. The summed E-state index contributed by atoms with van der Waals surface area (Å²) in [6.07, 6.45) is 3.20. The first kappa shape index (κ1) is 14.5. The molecule has 0 aliphatic carbocycles. The highest BCUT2D eigenvalue weighted by molar-refractivity contribution is 7.71. The number of aromatic nitrogens is 2. The molecule has 0 unspecified atom stereocenters. The molecular weight excluding hydrogens is 317 g/mol. The van der Waals surface area contributed by atoms with Crippen molar-refractivity contribution in [2.24, 2.45) is 0 Å². The molecule has 0 fully saturated rings. The maximum absolute atomic E-state index is 11.6. The number of aromatic amines is 2. The summed E-state index contributed by atoms with van der Waals surface area (Å²) in [7, 11) is 0. The van der Waals surface area contributed by atoms with E-state index in [1.807, 2.05) is 6.07 Å². The first-order valence-electron chi connectivity index (χ1n) is 5.41. The lowest BCUT2D eigenvalue weighted by atomic mass is 10.1. The third kappa shape index (κ3) is 2.99. The van der Waals surface area contributed by atoms with Crippen LogP contribution in [0, 0.1) is 16.1 Å². The van der Waals surface area contributed by atoms with Crippen molar-refractivity contribution in [2.45, 2.75) is 0 Å². The average molecular weight is 324 g/mol. The molecule has 1 aromatic carbocycles. The van der Waals surface area contributed by atoms with Gasteiger partial charge in [0.25, 0.3) is 5.56 Å². The van der Waals surface area contributed by atoms with Gasteiger partial charge in [0.15, 0.2) is 4.77 Å². The van der Waals surface area contributed by atoms with E-state index in [1.54, 1.807) is 30.4 Å². The average Bonchev–Trinajstić information content (AvgIpc) is 2.40. The summed E-state index contributed by atoms with van der Waals surface area (Å²) >= 11 is 16.8. The van der Waals surface area contributed by atoms with Gasteiger partial charge in [0.1, 0.15) is 11.6 Å². The minimum absolute atomic E-state index is 0.0481. The lowest BCUT2D eigenvalue weighted by molar-refractivity contribution is 1.06. The van der Waals surface area contributed by atoms with Crippen LogP contribution in [0.3, 0.4) is 0 Å². The standard InChI is InChI=1S/C13H7Cl2N3OS/c14-9-3-1-2-7(11(9)15)4-5-10-8(6-16)12(19)18-13(20)17-10/h1-5H,(H2,17,18,19,20). The van der Waals surface area contributed by atoms with Gasteiger partial charge >= 0.3 is 0 Å². The second-order valence-electron chi connectivity index (χ2n) is 3.79. The molecule has 0 bridgehead atoms. The van der Waals surface area contributed by atoms with Crippen molar-refractivity contribution in [3.8, 4) is 6.07 Å². The summed E-state index contributed by atoms with van der Waals surface area (Å²) in [5, 5.41) is 9.80. The van der Waals surface area contributed by atoms with Crippen LogP contribution in [0.4, 0.5) is 0 Å². The van der Waals surface area contributed by atoms with E-state index in [4.69, 9.17) is 40.7 Å². The SMILES string of the molecule is N#Cc1c(C=Cc2cccc(Cl)c2Cl)[nH]c(=S)[nH]c1=O. The molecule has 7 heteroatoms. The van der Waals surface area contributed by atoms with Crippen LogP contribution in [0.15, 0.2) is 23.0 Å². The number of hydrogen-bond acceptors (Lipinski definition) is 3. The van der Waals surface area contributed by atoms with Crippen molar-refractivity contribution >= 4 is 47.6 Å². The van der Waals surface area contributed by atoms with Crippen molar-refractivity contribution < 1.29 is 0 Å². The Balaban J connectivity index is 2.53. The minimum atomic E-state index is -0.534. The van der Waals surface area contributed by atoms with Gasteiger partial charge in [-0.2, -0.15) is 5.26 Å². The number of nitrogens with zero attached hydrogens (tertiary/aromatic N) is 1. The van der Waals surface area contributed by atoms with Crippen molar-refractivity contribution in [1.29, 1.82) is 5.26 Å². The lowest BCUT2D eigenvalue weighted by Crippen LogP contribution is -2.13. The number of benzene rings is 1. The molecule has 0 saturated heterocycles. The van der Waals surface area contributed by atoms with E-state index in [2.05, 4.69) is 9.97 Å². The van der Waals surface area contributed by atoms with E-state index in [1.165, 1.54) is 0 Å². The predicted octanol–water partition coefficient (Wildman–Crippen LogP) is 3.78. The molecule has 2 rings (SSSR count). The molecule has 1 aromatic heterocycles. The topological polar surface area (TPSA) is 72.4 Å². The molecule has 2 aromatic rings. The largest absolute Gasteiger partial charge is 0.331 e. The fourth-order valence-corrected chi connectivity index (χ4v) is 2.14. The Morgan fingerprint density at radius 2 is 2.00 bits per heavy atom. The third-order valence-corrected chi connectivity index (χ3v) is 3.53. The minimum Gasteiger partial charge on any atom is -0.331 e. The van der Waals surface area contributed by atoms with Gasteiger partial charge in [-0.3, -0.25) is 9.78 Å². The van der Waals surface area contributed by atoms with Crippen LogP contribution >= 0.6 is 35.4 Å². The summed E-state index contributed by atoms with van der Waals surface area (Å²) in [5.74, 6) is 0. The summed E-state index contributed by atoms with van der Waals surface area (Å²) < 4.78 is 0.144. The van der Waals surface area contributed by atoms with Crippen molar-refractivity contribution in [3.05, 3.63) is 60.2 Å². The van der Waals surface area contributed by atoms with Crippen LogP contribution in [0.1, 0.15) is 16.8 Å². The molecule has 4 nitrogen and oxygen atoms in total. The number of H-pyrrole nitrogens is 2. The first-order chi connectivity index (χ1) is 9.52. The molecule has 20 heavy (non-hydrogen) atoms. The Hall–Kier alpha value is -1.87. The molecule has 0 atom stereocenters. The van der Waals surface area contributed by atoms with E-state index in [-0.39, 0.29) is 10.3 Å². The van der Waals surface area contributed by atoms with E-state index in [0.29, 0.717) is 21.3 Å². The summed E-state index contributed by atoms with van der Waals surface area (Å²) in [5.41, 5.74) is 0.404. The summed E-state index contributed by atoms with van der Waals surface area (Å²) in [6.45, 7) is 0. The quantitative estimate of drug-likeness (QED) is 0.826. The molecule has 0 radical (unpaired) electrons. The maximum Gasteiger partial charge on any atom is 0.270 e. The maximum atomic E-state index is 11.6. The highest BCUT2D eigenvalue weighted by Crippen LogP contribution is 2.26. The zero-order chi connectivity index (χ0) is 14.7. The van der Waals surface area contributed by atoms with Gasteiger partial charge in [-0.1, -0.05) is 41.4 Å². The third-order valence-electron chi connectivity index (χ3n) is 2.49. The number of halogens is 2. The zero-order valence-electron chi connectivity index (χ0n) is 9.91. The van der Waals surface area contributed by atoms with E-state index in [0.717, 1.165) is 0 Å². The smallest absolute Gasteiger partial charge is 0.270 e. The number of hydrogen-bond donors (Lipinski definition) is 2. The van der Waals surface area contributed by atoms with Gasteiger partial charge in [-0.05, 0) is 29.9 Å². The fourth-order valence-electron chi connectivity index (χ4n) is 1.56. The Labute approximate surface area is 129 Å². The van der Waals surface area contributed by atoms with Crippen LogP contribution in [0.5, 0.6) is 0 Å². The highest BCUT2D eigenvalue weighted by Gasteiger charge is 2.06. The predicted molar refractivity (Wildman–Crippen MR) is 82.4 cm³/mol. The molecule has 0 saturated carbocycles. The van der Waals surface area contributed by atoms with Crippen molar-refractivity contribution in [2.75, 3.05) is 0 Å².